The number of fused-ring (bicyclic) bond motifs is 5. The number of nitrogens with zero attached hydrogens (tertiary/aromatic N) is 3. The normalized spacial score (nSPS) is 14.1. The van der Waals surface area contributed by atoms with Crippen molar-refractivity contribution in [1.29, 1.82) is 0 Å². The minimum Gasteiger partial charge on any atom is -0.467 e. The molecule has 0 fully saturated rings. The molecule has 0 aromatic carbocycles. The number of pyridine rings is 1. The Morgan fingerprint density at radius 2 is 2.00 bits per heavy atom. The lowest BCUT2D eigenvalue weighted by Gasteiger charge is -2.20. The van der Waals surface area contributed by atoms with Gasteiger partial charge >= 0.3 is 0 Å². The summed E-state index contributed by atoms with van der Waals surface area (Å²) >= 11 is 0. The van der Waals surface area contributed by atoms with Crippen molar-refractivity contribution in [2.75, 3.05) is 5.32 Å². The summed E-state index contributed by atoms with van der Waals surface area (Å²) < 4.78 is 11.6. The first kappa shape index (κ1) is 17.2. The van der Waals surface area contributed by atoms with Gasteiger partial charge in [-0.2, -0.15) is 0 Å². The van der Waals surface area contributed by atoms with E-state index in [9.17, 15) is 0 Å². The molecular formula is C22H24N4O2. The highest BCUT2D eigenvalue weighted by atomic mass is 16.3. The second-order valence-corrected chi connectivity index (χ2v) is 7.94. The van der Waals surface area contributed by atoms with Crippen molar-refractivity contribution in [1.82, 2.24) is 15.0 Å². The molecule has 0 atom stereocenters. The maximum atomic E-state index is 6.21. The predicted molar refractivity (Wildman–Crippen MR) is 108 cm³/mol. The number of aryl methyl sites for hydroxylation is 1. The first-order valence-corrected chi connectivity index (χ1v) is 10.0. The first-order valence-electron chi connectivity index (χ1n) is 10.0. The second-order valence-electron chi connectivity index (χ2n) is 7.94. The summed E-state index contributed by atoms with van der Waals surface area (Å²) in [4.78, 5) is 13.9. The number of nitrogens with one attached hydrogen (secondary N) is 1. The Hall–Kier alpha value is -2.89. The van der Waals surface area contributed by atoms with E-state index in [0.717, 1.165) is 35.9 Å². The van der Waals surface area contributed by atoms with E-state index in [-0.39, 0.29) is 0 Å². The Bertz CT molecular complexity index is 1130. The fraction of sp³-hybridized carbons (Fsp3) is 0.409. The van der Waals surface area contributed by atoms with Crippen molar-refractivity contribution >= 4 is 28.0 Å². The molecular weight excluding hydrogens is 352 g/mol. The lowest BCUT2D eigenvalue weighted by atomic mass is 9.87. The average molecular weight is 376 g/mol. The third-order valence-electron chi connectivity index (χ3n) is 5.42. The zero-order chi connectivity index (χ0) is 19.1. The molecule has 0 saturated carbocycles. The van der Waals surface area contributed by atoms with Gasteiger partial charge in [0.15, 0.2) is 11.4 Å². The van der Waals surface area contributed by atoms with E-state index < -0.39 is 0 Å². The van der Waals surface area contributed by atoms with E-state index in [1.165, 1.54) is 29.7 Å². The van der Waals surface area contributed by atoms with Gasteiger partial charge in [0.2, 0.25) is 5.71 Å². The minimum absolute atomic E-state index is 0.542. The van der Waals surface area contributed by atoms with Crippen LogP contribution in [-0.4, -0.2) is 15.0 Å². The monoisotopic (exact) mass is 376 g/mol. The fourth-order valence-corrected chi connectivity index (χ4v) is 4.20. The Morgan fingerprint density at radius 1 is 1.14 bits per heavy atom. The van der Waals surface area contributed by atoms with Crippen molar-refractivity contribution < 1.29 is 8.83 Å². The molecule has 144 valence electrons. The van der Waals surface area contributed by atoms with Crippen LogP contribution in [-0.2, 0) is 25.8 Å². The van der Waals surface area contributed by atoms with E-state index >= 15 is 0 Å². The maximum absolute atomic E-state index is 6.21. The van der Waals surface area contributed by atoms with Gasteiger partial charge in [0.1, 0.15) is 17.6 Å². The minimum atomic E-state index is 0.542. The van der Waals surface area contributed by atoms with E-state index in [0.29, 0.717) is 29.6 Å². The molecule has 6 nitrogen and oxygen atoms in total. The van der Waals surface area contributed by atoms with Crippen LogP contribution in [0.4, 0.5) is 5.82 Å². The van der Waals surface area contributed by atoms with Crippen LogP contribution in [0.15, 0.2) is 33.6 Å². The Labute approximate surface area is 163 Å². The van der Waals surface area contributed by atoms with Gasteiger partial charge in [-0.3, -0.25) is 0 Å². The highest BCUT2D eigenvalue weighted by Crippen LogP contribution is 2.37. The third-order valence-corrected chi connectivity index (χ3v) is 5.42. The van der Waals surface area contributed by atoms with E-state index in [1.54, 1.807) is 12.6 Å². The van der Waals surface area contributed by atoms with Crippen LogP contribution >= 0.6 is 0 Å². The Kier molecular flexibility index (Phi) is 4.26. The zero-order valence-electron chi connectivity index (χ0n) is 16.3. The molecule has 6 heteroatoms. The summed E-state index contributed by atoms with van der Waals surface area (Å²) in [5.74, 6) is 2.08. The number of rotatable bonds is 5. The molecule has 4 heterocycles. The standard InChI is InChI=1S/C22H24N4O2/c1-13(2)10-17-15-7-3-4-8-16(15)18-19-20(28-22(18)26-17)21(25-12-24-19)23-11-14-6-5-9-27-14/h5-6,9,12-13H,3-4,7-8,10-11H2,1-2H3,(H,23,24,25). The molecule has 1 N–H and O–H groups in total. The molecule has 0 saturated heterocycles. The molecule has 0 bridgehead atoms. The summed E-state index contributed by atoms with van der Waals surface area (Å²) in [7, 11) is 0. The topological polar surface area (TPSA) is 77.0 Å². The number of aromatic nitrogens is 3. The van der Waals surface area contributed by atoms with E-state index in [1.807, 2.05) is 12.1 Å². The number of furan rings is 2. The summed E-state index contributed by atoms with van der Waals surface area (Å²) in [6.07, 6.45) is 8.83. The van der Waals surface area contributed by atoms with Gasteiger partial charge in [0.25, 0.3) is 0 Å². The summed E-state index contributed by atoms with van der Waals surface area (Å²) in [5.41, 5.74) is 6.20. The van der Waals surface area contributed by atoms with Crippen molar-refractivity contribution in [2.45, 2.75) is 52.5 Å². The molecule has 0 radical (unpaired) electrons. The summed E-state index contributed by atoms with van der Waals surface area (Å²) in [5, 5.41) is 4.38. The van der Waals surface area contributed by atoms with Gasteiger partial charge in [-0.25, -0.2) is 15.0 Å². The fourth-order valence-electron chi connectivity index (χ4n) is 4.20. The molecule has 0 amide bonds. The quantitative estimate of drug-likeness (QED) is 0.525. The molecule has 1 aliphatic carbocycles. The smallest absolute Gasteiger partial charge is 0.229 e. The molecule has 4 aromatic heterocycles. The van der Waals surface area contributed by atoms with Gasteiger partial charge in [-0.05, 0) is 61.3 Å². The summed E-state index contributed by atoms with van der Waals surface area (Å²) in [6.45, 7) is 5.02. The lowest BCUT2D eigenvalue weighted by Crippen LogP contribution is -2.11. The Balaban J connectivity index is 1.66. The molecule has 1 aliphatic rings. The molecule has 0 spiro atoms. The van der Waals surface area contributed by atoms with Gasteiger partial charge in [-0.1, -0.05) is 13.8 Å². The third kappa shape index (κ3) is 2.93. The van der Waals surface area contributed by atoms with Crippen LogP contribution in [0.25, 0.3) is 22.2 Å². The number of hydrogen-bond acceptors (Lipinski definition) is 6. The largest absolute Gasteiger partial charge is 0.467 e. The zero-order valence-corrected chi connectivity index (χ0v) is 16.3. The van der Waals surface area contributed by atoms with Crippen LogP contribution in [0.1, 0.15) is 49.3 Å². The molecule has 4 aromatic rings. The Morgan fingerprint density at radius 3 is 2.79 bits per heavy atom. The van der Waals surface area contributed by atoms with Gasteiger partial charge in [-0.15, -0.1) is 0 Å². The molecule has 5 rings (SSSR count). The van der Waals surface area contributed by atoms with E-state index in [2.05, 4.69) is 29.1 Å². The van der Waals surface area contributed by atoms with Crippen LogP contribution in [0.3, 0.4) is 0 Å². The van der Waals surface area contributed by atoms with Crippen molar-refractivity contribution in [3.63, 3.8) is 0 Å². The highest BCUT2D eigenvalue weighted by Gasteiger charge is 2.24. The first-order chi connectivity index (χ1) is 13.7. The van der Waals surface area contributed by atoms with Crippen LogP contribution in [0.5, 0.6) is 0 Å². The van der Waals surface area contributed by atoms with E-state index in [4.69, 9.17) is 13.8 Å². The van der Waals surface area contributed by atoms with Crippen molar-refractivity contribution in [2.24, 2.45) is 5.92 Å². The predicted octanol–water partition coefficient (Wildman–Crippen LogP) is 5.05. The molecule has 0 aliphatic heterocycles. The van der Waals surface area contributed by atoms with Crippen molar-refractivity contribution in [3.05, 3.63) is 47.3 Å². The number of hydrogen-bond donors (Lipinski definition) is 1. The highest BCUT2D eigenvalue weighted by molar-refractivity contribution is 6.06. The SMILES string of the molecule is CC(C)Cc1nc2oc3c(NCc4ccco4)ncnc3c2c2c1CCCC2. The lowest BCUT2D eigenvalue weighted by molar-refractivity contribution is 0.517. The number of anilines is 1. The van der Waals surface area contributed by atoms with Crippen LogP contribution in [0, 0.1) is 5.92 Å². The maximum Gasteiger partial charge on any atom is 0.229 e. The van der Waals surface area contributed by atoms with Gasteiger partial charge < -0.3 is 14.2 Å². The molecule has 28 heavy (non-hydrogen) atoms. The van der Waals surface area contributed by atoms with Crippen LogP contribution < -0.4 is 5.32 Å². The average Bonchev–Trinajstić information content (AvgIpc) is 3.33. The molecule has 0 unspecified atom stereocenters. The van der Waals surface area contributed by atoms with Gasteiger partial charge in [0, 0.05) is 5.69 Å². The van der Waals surface area contributed by atoms with Crippen molar-refractivity contribution in [3.8, 4) is 0 Å². The second kappa shape index (κ2) is 6.93. The van der Waals surface area contributed by atoms with Gasteiger partial charge in [0.05, 0.1) is 18.2 Å². The van der Waals surface area contributed by atoms with Crippen LogP contribution in [0.2, 0.25) is 0 Å². The summed E-state index contributed by atoms with van der Waals surface area (Å²) in [6, 6.07) is 3.81.